The van der Waals surface area contributed by atoms with E-state index >= 15 is 0 Å². The number of methoxy groups -OCH3 is 1. The highest BCUT2D eigenvalue weighted by molar-refractivity contribution is 7.89. The first kappa shape index (κ1) is 18.4. The Hall–Kier alpha value is -1.60. The molecule has 6 nitrogen and oxygen atoms in total. The Kier molecular flexibility index (Phi) is 6.83. The minimum atomic E-state index is -3.69. The summed E-state index contributed by atoms with van der Waals surface area (Å²) in [5.74, 6) is 0.272. The van der Waals surface area contributed by atoms with Crippen LogP contribution in [0.25, 0.3) is 0 Å². The molecule has 0 aromatic heterocycles. The summed E-state index contributed by atoms with van der Waals surface area (Å²) in [7, 11) is -0.786. The van der Waals surface area contributed by atoms with Gasteiger partial charge in [-0.3, -0.25) is 4.79 Å². The summed E-state index contributed by atoms with van der Waals surface area (Å²) in [6, 6.07) is 6.10. The Morgan fingerprint density at radius 2 is 1.91 bits per heavy atom. The average molecular weight is 328 g/mol. The predicted octanol–water partition coefficient (Wildman–Crippen LogP) is 1.62. The molecule has 0 heterocycles. The van der Waals surface area contributed by atoms with Crippen molar-refractivity contribution in [3.63, 3.8) is 0 Å². The van der Waals surface area contributed by atoms with E-state index in [1.54, 1.807) is 12.1 Å². The Morgan fingerprint density at radius 3 is 2.41 bits per heavy atom. The number of nitrogens with one attached hydrogen (secondary N) is 1. The van der Waals surface area contributed by atoms with E-state index in [4.69, 9.17) is 4.74 Å². The third-order valence-electron chi connectivity index (χ3n) is 3.26. The van der Waals surface area contributed by atoms with E-state index in [9.17, 15) is 13.2 Å². The van der Waals surface area contributed by atoms with E-state index in [-0.39, 0.29) is 23.4 Å². The van der Waals surface area contributed by atoms with E-state index in [1.165, 1.54) is 26.3 Å². The number of nitrogens with zero attached hydrogens (tertiary/aromatic N) is 1. The molecule has 0 unspecified atom stereocenters. The van der Waals surface area contributed by atoms with E-state index in [2.05, 4.69) is 5.32 Å². The Labute approximate surface area is 132 Å². The number of carbonyl (C=O) groups is 1. The number of sulfonamides is 1. The molecular weight excluding hydrogens is 304 g/mol. The molecule has 1 aromatic rings. The van der Waals surface area contributed by atoms with Gasteiger partial charge >= 0.3 is 0 Å². The molecule has 7 heteroatoms. The highest BCUT2D eigenvalue weighted by Crippen LogP contribution is 2.18. The summed E-state index contributed by atoms with van der Waals surface area (Å²) in [6.45, 7) is 3.73. The maximum absolute atomic E-state index is 12.4. The monoisotopic (exact) mass is 328 g/mol. The van der Waals surface area contributed by atoms with E-state index in [1.807, 2.05) is 13.8 Å². The molecule has 0 aliphatic rings. The van der Waals surface area contributed by atoms with Crippen LogP contribution in [0.15, 0.2) is 29.2 Å². The highest BCUT2D eigenvalue weighted by Gasteiger charge is 2.23. The lowest BCUT2D eigenvalue weighted by molar-refractivity contribution is -0.121. The fourth-order valence-electron chi connectivity index (χ4n) is 2.04. The van der Waals surface area contributed by atoms with Crippen molar-refractivity contribution in [2.24, 2.45) is 0 Å². The number of ether oxygens (including phenoxy) is 1. The van der Waals surface area contributed by atoms with Crippen LogP contribution in [0.2, 0.25) is 0 Å². The molecule has 22 heavy (non-hydrogen) atoms. The number of hydrogen-bond donors (Lipinski definition) is 1. The summed E-state index contributed by atoms with van der Waals surface area (Å²) in [5, 5.41) is 2.79. The molecular formula is C15H24N2O4S. The highest BCUT2D eigenvalue weighted by atomic mass is 32.2. The molecule has 0 fully saturated rings. The van der Waals surface area contributed by atoms with E-state index in [0.29, 0.717) is 5.75 Å². The van der Waals surface area contributed by atoms with Crippen LogP contribution in [0.4, 0.5) is 0 Å². The van der Waals surface area contributed by atoms with Gasteiger partial charge in [-0.2, -0.15) is 4.31 Å². The minimum Gasteiger partial charge on any atom is -0.497 e. The van der Waals surface area contributed by atoms with Crippen LogP contribution in [-0.4, -0.2) is 45.4 Å². The largest absolute Gasteiger partial charge is 0.497 e. The van der Waals surface area contributed by atoms with Gasteiger partial charge in [-0.25, -0.2) is 8.42 Å². The van der Waals surface area contributed by atoms with Crippen molar-refractivity contribution in [2.75, 3.05) is 20.7 Å². The zero-order valence-corrected chi connectivity index (χ0v) is 14.3. The maximum Gasteiger partial charge on any atom is 0.243 e. The van der Waals surface area contributed by atoms with E-state index in [0.717, 1.165) is 17.1 Å². The van der Waals surface area contributed by atoms with Crippen molar-refractivity contribution in [2.45, 2.75) is 37.6 Å². The van der Waals surface area contributed by atoms with Crippen molar-refractivity contribution in [1.82, 2.24) is 9.62 Å². The lowest BCUT2D eigenvalue weighted by Gasteiger charge is -2.19. The first-order valence-electron chi connectivity index (χ1n) is 7.21. The van der Waals surface area contributed by atoms with E-state index < -0.39 is 10.0 Å². The molecule has 0 saturated carbocycles. The van der Waals surface area contributed by atoms with Gasteiger partial charge < -0.3 is 10.1 Å². The Bertz CT molecular complexity index is 584. The number of hydrogen-bond acceptors (Lipinski definition) is 4. The van der Waals surface area contributed by atoms with Gasteiger partial charge in [-0.1, -0.05) is 13.3 Å². The zero-order valence-electron chi connectivity index (χ0n) is 13.5. The fourth-order valence-corrected chi connectivity index (χ4v) is 3.17. The van der Waals surface area contributed by atoms with Crippen molar-refractivity contribution < 1.29 is 17.9 Å². The van der Waals surface area contributed by atoms with Crippen LogP contribution in [0, 0.1) is 0 Å². The van der Waals surface area contributed by atoms with Crippen molar-refractivity contribution in [1.29, 1.82) is 0 Å². The molecule has 0 saturated heterocycles. The lowest BCUT2D eigenvalue weighted by Crippen LogP contribution is -2.41. The molecule has 0 radical (unpaired) electrons. The van der Waals surface area contributed by atoms with Gasteiger partial charge in [0.1, 0.15) is 5.75 Å². The third-order valence-corrected chi connectivity index (χ3v) is 5.08. The fraction of sp³-hybridized carbons (Fsp3) is 0.533. The summed E-state index contributed by atoms with van der Waals surface area (Å²) in [6.07, 6.45) is 1.82. The average Bonchev–Trinajstić information content (AvgIpc) is 2.47. The first-order chi connectivity index (χ1) is 10.3. The quantitative estimate of drug-likeness (QED) is 0.787. The number of amides is 1. The Balaban J connectivity index is 2.73. The second kappa shape index (κ2) is 8.14. The molecule has 1 rings (SSSR count). The van der Waals surface area contributed by atoms with Crippen LogP contribution in [0.3, 0.4) is 0 Å². The Morgan fingerprint density at radius 1 is 1.32 bits per heavy atom. The third kappa shape index (κ3) is 4.99. The van der Waals surface area contributed by atoms with Gasteiger partial charge in [0.15, 0.2) is 0 Å². The second-order valence-electron chi connectivity index (χ2n) is 5.19. The zero-order chi connectivity index (χ0) is 16.8. The van der Waals surface area contributed by atoms with Crippen LogP contribution < -0.4 is 10.1 Å². The molecule has 0 bridgehead atoms. The predicted molar refractivity (Wildman–Crippen MR) is 85.3 cm³/mol. The van der Waals surface area contributed by atoms with Crippen molar-refractivity contribution in [3.05, 3.63) is 24.3 Å². The van der Waals surface area contributed by atoms with Gasteiger partial charge in [0.25, 0.3) is 0 Å². The van der Waals surface area contributed by atoms with Crippen LogP contribution in [-0.2, 0) is 14.8 Å². The molecule has 1 aromatic carbocycles. The summed E-state index contributed by atoms with van der Waals surface area (Å²) < 4.78 is 30.8. The van der Waals surface area contributed by atoms with Crippen LogP contribution >= 0.6 is 0 Å². The van der Waals surface area contributed by atoms with Gasteiger partial charge in [0, 0.05) is 13.1 Å². The normalized spacial score (nSPS) is 13.0. The first-order valence-corrected chi connectivity index (χ1v) is 8.65. The summed E-state index contributed by atoms with van der Waals surface area (Å²) in [4.78, 5) is 12.0. The molecule has 0 aliphatic heterocycles. The molecule has 124 valence electrons. The standard InChI is InChI=1S/C15H24N2O4S/c1-5-6-12(2)16-15(18)11-17(3)22(19,20)14-9-7-13(21-4)8-10-14/h7-10,12H,5-6,11H2,1-4H3,(H,16,18)/t12-/m0/s1. The van der Waals surface area contributed by atoms with Gasteiger partial charge in [-0.15, -0.1) is 0 Å². The minimum absolute atomic E-state index is 0.0367. The molecule has 1 atom stereocenters. The van der Waals surface area contributed by atoms with Crippen LogP contribution in [0.5, 0.6) is 5.75 Å². The number of benzene rings is 1. The summed E-state index contributed by atoms with van der Waals surface area (Å²) in [5.41, 5.74) is 0. The SMILES string of the molecule is CCC[C@H](C)NC(=O)CN(C)S(=O)(=O)c1ccc(OC)cc1. The molecule has 0 aliphatic carbocycles. The smallest absolute Gasteiger partial charge is 0.243 e. The van der Waals surface area contributed by atoms with Gasteiger partial charge in [0.2, 0.25) is 15.9 Å². The van der Waals surface area contributed by atoms with Gasteiger partial charge in [0.05, 0.1) is 18.6 Å². The lowest BCUT2D eigenvalue weighted by atomic mass is 10.2. The van der Waals surface area contributed by atoms with Crippen molar-refractivity contribution >= 4 is 15.9 Å². The summed E-state index contributed by atoms with van der Waals surface area (Å²) >= 11 is 0. The topological polar surface area (TPSA) is 75.7 Å². The second-order valence-corrected chi connectivity index (χ2v) is 7.24. The van der Waals surface area contributed by atoms with Gasteiger partial charge in [-0.05, 0) is 37.6 Å². The number of carbonyl (C=O) groups excluding carboxylic acids is 1. The molecule has 0 spiro atoms. The molecule has 1 amide bonds. The van der Waals surface area contributed by atoms with Crippen molar-refractivity contribution in [3.8, 4) is 5.75 Å². The molecule has 1 N–H and O–H groups in total. The van der Waals surface area contributed by atoms with Crippen LogP contribution in [0.1, 0.15) is 26.7 Å². The number of likely N-dealkylation sites (N-methyl/N-ethyl adjacent to an activating group) is 1. The number of rotatable bonds is 8. The maximum atomic E-state index is 12.4.